The summed E-state index contributed by atoms with van der Waals surface area (Å²) in [6.45, 7) is 3.43. The fraction of sp³-hybridized carbons (Fsp3) is 0.667. The molecule has 1 aliphatic carbocycles. The number of thioether (sulfide) groups is 1. The first kappa shape index (κ1) is 11.5. The summed E-state index contributed by atoms with van der Waals surface area (Å²) in [5.41, 5.74) is 0. The van der Waals surface area contributed by atoms with Crippen molar-refractivity contribution in [1.29, 1.82) is 0 Å². The third-order valence-electron chi connectivity index (χ3n) is 3.21. The largest absolute Gasteiger partial charge is 0.308 e. The molecule has 1 saturated carbocycles. The van der Waals surface area contributed by atoms with E-state index in [0.29, 0.717) is 10.8 Å². The van der Waals surface area contributed by atoms with Crippen molar-refractivity contribution in [2.24, 2.45) is 0 Å². The van der Waals surface area contributed by atoms with Gasteiger partial charge in [0.05, 0.1) is 0 Å². The molecule has 1 unspecified atom stereocenters. The van der Waals surface area contributed by atoms with E-state index in [2.05, 4.69) is 36.0 Å². The number of hydrogen-bond acceptors (Lipinski definition) is 3. The molecule has 1 nitrogen and oxygen atoms in total. The lowest BCUT2D eigenvalue weighted by atomic mass is 10.2. The second kappa shape index (κ2) is 4.89. The van der Waals surface area contributed by atoms with E-state index in [1.54, 1.807) is 0 Å². The molecule has 2 rings (SSSR count). The zero-order valence-corrected chi connectivity index (χ0v) is 11.1. The Morgan fingerprint density at radius 1 is 1.60 bits per heavy atom. The monoisotopic (exact) mass is 241 g/mol. The van der Waals surface area contributed by atoms with Crippen LogP contribution >= 0.6 is 23.1 Å². The zero-order chi connectivity index (χ0) is 10.7. The maximum Gasteiger partial charge on any atom is 0.0412 e. The molecule has 0 aromatic carbocycles. The lowest BCUT2D eigenvalue weighted by molar-refractivity contribution is 0.520. The third-order valence-corrected chi connectivity index (χ3v) is 5.61. The molecule has 15 heavy (non-hydrogen) atoms. The Morgan fingerprint density at radius 3 is 2.87 bits per heavy atom. The van der Waals surface area contributed by atoms with E-state index < -0.39 is 0 Å². The third kappa shape index (κ3) is 2.77. The molecule has 1 aromatic rings. The minimum atomic E-state index is 0.564. The molecule has 0 amide bonds. The zero-order valence-electron chi connectivity index (χ0n) is 9.45. The van der Waals surface area contributed by atoms with Gasteiger partial charge in [0.1, 0.15) is 0 Å². The molecule has 3 heteroatoms. The van der Waals surface area contributed by atoms with Gasteiger partial charge in [-0.05, 0) is 37.0 Å². The summed E-state index contributed by atoms with van der Waals surface area (Å²) >= 11 is 3.89. The topological polar surface area (TPSA) is 12.0 Å². The Balaban J connectivity index is 1.87. The van der Waals surface area contributed by atoms with Crippen molar-refractivity contribution in [3.8, 4) is 0 Å². The van der Waals surface area contributed by atoms with Crippen molar-refractivity contribution in [3.05, 3.63) is 22.4 Å². The average Bonchev–Trinajstić information content (AvgIpc) is 2.85. The van der Waals surface area contributed by atoms with Crippen molar-refractivity contribution < 1.29 is 0 Å². The van der Waals surface area contributed by atoms with Crippen molar-refractivity contribution in [2.45, 2.75) is 37.0 Å². The maximum absolute atomic E-state index is 3.72. The quantitative estimate of drug-likeness (QED) is 0.815. The molecule has 0 bridgehead atoms. The van der Waals surface area contributed by atoms with E-state index in [0.717, 1.165) is 0 Å². The molecule has 1 aromatic heterocycles. The van der Waals surface area contributed by atoms with E-state index in [1.807, 2.05) is 23.1 Å². The summed E-state index contributed by atoms with van der Waals surface area (Å²) in [6, 6.07) is 4.95. The fourth-order valence-electron chi connectivity index (χ4n) is 1.84. The lowest BCUT2D eigenvalue weighted by Crippen LogP contribution is -2.29. The summed E-state index contributed by atoms with van der Waals surface area (Å²) in [5, 5.41) is 5.88. The molecule has 1 aliphatic rings. The van der Waals surface area contributed by atoms with Crippen LogP contribution in [0.2, 0.25) is 0 Å². The lowest BCUT2D eigenvalue weighted by Gasteiger charge is -2.19. The highest BCUT2D eigenvalue weighted by Gasteiger charge is 2.41. The minimum absolute atomic E-state index is 0.564. The Morgan fingerprint density at radius 2 is 2.40 bits per heavy atom. The molecule has 1 atom stereocenters. The van der Waals surface area contributed by atoms with E-state index in [1.165, 1.54) is 30.7 Å². The van der Waals surface area contributed by atoms with Gasteiger partial charge in [-0.3, -0.25) is 0 Å². The Bertz CT molecular complexity index is 291. The number of nitrogens with one attached hydrogen (secondary N) is 1. The van der Waals surface area contributed by atoms with Crippen LogP contribution in [0.4, 0.5) is 0 Å². The molecule has 1 N–H and O–H groups in total. The molecular formula is C12H19NS2. The van der Waals surface area contributed by atoms with Crippen LogP contribution in [0, 0.1) is 0 Å². The van der Waals surface area contributed by atoms with Crippen LogP contribution in [0.3, 0.4) is 0 Å². The van der Waals surface area contributed by atoms with Crippen LogP contribution in [0.1, 0.15) is 37.1 Å². The molecule has 1 fully saturated rings. The summed E-state index contributed by atoms with van der Waals surface area (Å²) in [7, 11) is 0. The van der Waals surface area contributed by atoms with Crippen LogP contribution in [-0.2, 0) is 0 Å². The van der Waals surface area contributed by atoms with Crippen LogP contribution in [0.15, 0.2) is 17.5 Å². The van der Waals surface area contributed by atoms with Crippen molar-refractivity contribution in [3.63, 3.8) is 0 Å². The molecule has 1 heterocycles. The van der Waals surface area contributed by atoms with Gasteiger partial charge >= 0.3 is 0 Å². The molecular weight excluding hydrogens is 222 g/mol. The maximum atomic E-state index is 3.72. The van der Waals surface area contributed by atoms with Crippen LogP contribution < -0.4 is 5.32 Å². The highest BCUT2D eigenvalue weighted by atomic mass is 32.2. The standard InChI is InChI=1S/C12H19NS2/c1-3-10(11-5-4-8-15-11)13-9-12(14-2)6-7-12/h4-5,8,10,13H,3,6-7,9H2,1-2H3. The van der Waals surface area contributed by atoms with Gasteiger partial charge in [0.2, 0.25) is 0 Å². The van der Waals surface area contributed by atoms with Gasteiger partial charge in [-0.25, -0.2) is 0 Å². The second-order valence-electron chi connectivity index (χ2n) is 4.24. The number of rotatable bonds is 6. The predicted molar refractivity (Wildman–Crippen MR) is 70.8 cm³/mol. The smallest absolute Gasteiger partial charge is 0.0412 e. The van der Waals surface area contributed by atoms with Crippen LogP contribution in [0.25, 0.3) is 0 Å². The second-order valence-corrected chi connectivity index (χ2v) is 6.50. The fourth-order valence-corrected chi connectivity index (χ4v) is 3.46. The first-order chi connectivity index (χ1) is 7.29. The Labute approximate surface area is 101 Å². The van der Waals surface area contributed by atoms with Gasteiger partial charge < -0.3 is 5.32 Å². The van der Waals surface area contributed by atoms with Crippen LogP contribution in [-0.4, -0.2) is 17.5 Å². The summed E-state index contributed by atoms with van der Waals surface area (Å²) in [5.74, 6) is 0. The Kier molecular flexibility index (Phi) is 3.75. The van der Waals surface area contributed by atoms with E-state index >= 15 is 0 Å². The van der Waals surface area contributed by atoms with Crippen molar-refractivity contribution >= 4 is 23.1 Å². The summed E-state index contributed by atoms with van der Waals surface area (Å²) in [6.07, 6.45) is 6.20. The normalized spacial score (nSPS) is 20.1. The van der Waals surface area contributed by atoms with Gasteiger partial charge in [0.25, 0.3) is 0 Å². The first-order valence-electron chi connectivity index (χ1n) is 5.61. The highest BCUT2D eigenvalue weighted by Crippen LogP contribution is 2.46. The van der Waals surface area contributed by atoms with E-state index in [9.17, 15) is 0 Å². The molecule has 0 saturated heterocycles. The van der Waals surface area contributed by atoms with Gasteiger partial charge in [0, 0.05) is 22.2 Å². The predicted octanol–water partition coefficient (Wildman–Crippen LogP) is 3.68. The molecule has 0 spiro atoms. The summed E-state index contributed by atoms with van der Waals surface area (Å²) in [4.78, 5) is 1.48. The van der Waals surface area contributed by atoms with E-state index in [-0.39, 0.29) is 0 Å². The van der Waals surface area contributed by atoms with Gasteiger partial charge in [-0.1, -0.05) is 13.0 Å². The molecule has 0 radical (unpaired) electrons. The number of thiophene rings is 1. The minimum Gasteiger partial charge on any atom is -0.308 e. The van der Waals surface area contributed by atoms with Gasteiger partial charge in [-0.2, -0.15) is 11.8 Å². The molecule has 84 valence electrons. The highest BCUT2D eigenvalue weighted by molar-refractivity contribution is 8.00. The van der Waals surface area contributed by atoms with Crippen molar-refractivity contribution in [1.82, 2.24) is 5.32 Å². The Hall–Kier alpha value is 0.01000. The van der Waals surface area contributed by atoms with Crippen LogP contribution in [0.5, 0.6) is 0 Å². The first-order valence-corrected chi connectivity index (χ1v) is 7.72. The van der Waals surface area contributed by atoms with Gasteiger partial charge in [-0.15, -0.1) is 11.3 Å². The van der Waals surface area contributed by atoms with Gasteiger partial charge in [0.15, 0.2) is 0 Å². The van der Waals surface area contributed by atoms with Crippen molar-refractivity contribution in [2.75, 3.05) is 12.8 Å². The molecule has 0 aliphatic heterocycles. The number of hydrogen-bond donors (Lipinski definition) is 1. The van der Waals surface area contributed by atoms with E-state index in [4.69, 9.17) is 0 Å². The average molecular weight is 241 g/mol. The summed E-state index contributed by atoms with van der Waals surface area (Å²) < 4.78 is 0.574. The SMILES string of the molecule is CCC(NCC1(SC)CC1)c1cccs1.